The van der Waals surface area contributed by atoms with Crippen LogP contribution < -0.4 is 0 Å². The molecule has 0 radical (unpaired) electrons. The Kier molecular flexibility index (Phi) is 6.06. The third-order valence-electron chi connectivity index (χ3n) is 5.22. The second kappa shape index (κ2) is 8.89. The van der Waals surface area contributed by atoms with Gasteiger partial charge < -0.3 is 14.5 Å². The van der Waals surface area contributed by atoms with E-state index >= 15 is 0 Å². The van der Waals surface area contributed by atoms with E-state index in [9.17, 15) is 14.0 Å². The van der Waals surface area contributed by atoms with E-state index in [-0.39, 0.29) is 30.7 Å². The summed E-state index contributed by atoms with van der Waals surface area (Å²) in [6, 6.07) is 10.4. The van der Waals surface area contributed by atoms with Crippen molar-refractivity contribution in [1.82, 2.24) is 14.8 Å². The number of benzene rings is 1. The average molecular weight is 428 g/mol. The Hall–Kier alpha value is -2.84. The van der Waals surface area contributed by atoms with Crippen LogP contribution in [0.3, 0.4) is 0 Å². The predicted molar refractivity (Wildman–Crippen MR) is 113 cm³/mol. The average Bonchev–Trinajstić information content (AvgIpc) is 3.14. The highest BCUT2D eigenvalue weighted by Gasteiger charge is 2.28. The number of hydrogen-bond acceptors (Lipinski definition) is 5. The van der Waals surface area contributed by atoms with E-state index in [1.807, 2.05) is 24.3 Å². The zero-order chi connectivity index (χ0) is 21.1. The molecule has 6 nitrogen and oxygen atoms in total. The lowest BCUT2D eigenvalue weighted by atomic mass is 10.1. The van der Waals surface area contributed by atoms with E-state index in [4.69, 9.17) is 4.74 Å². The summed E-state index contributed by atoms with van der Waals surface area (Å²) in [5.41, 5.74) is 1.33. The molecule has 0 bridgehead atoms. The highest BCUT2D eigenvalue weighted by atomic mass is 32.1. The maximum Gasteiger partial charge on any atom is 0.264 e. The summed E-state index contributed by atoms with van der Waals surface area (Å²) in [5.74, 6) is -0.482. The first kappa shape index (κ1) is 20.4. The number of pyridine rings is 1. The van der Waals surface area contributed by atoms with Crippen LogP contribution in [0.2, 0.25) is 0 Å². The first-order valence-corrected chi connectivity index (χ1v) is 10.6. The van der Waals surface area contributed by atoms with Crippen LogP contribution in [0.25, 0.3) is 10.1 Å². The summed E-state index contributed by atoms with van der Waals surface area (Å²) < 4.78 is 20.4. The number of rotatable bonds is 5. The van der Waals surface area contributed by atoms with Crippen LogP contribution in [0.1, 0.15) is 20.9 Å². The van der Waals surface area contributed by atoms with Crippen molar-refractivity contribution in [3.05, 3.63) is 64.5 Å². The smallest absolute Gasteiger partial charge is 0.264 e. The summed E-state index contributed by atoms with van der Waals surface area (Å²) in [5, 5.41) is 0.455. The van der Waals surface area contributed by atoms with Gasteiger partial charge in [-0.1, -0.05) is 12.1 Å². The third kappa shape index (κ3) is 4.06. The minimum absolute atomic E-state index is 0.00445. The van der Waals surface area contributed by atoms with Crippen molar-refractivity contribution in [2.45, 2.75) is 13.0 Å². The normalized spacial score (nSPS) is 14.3. The Balaban J connectivity index is 1.46. The van der Waals surface area contributed by atoms with E-state index in [0.717, 1.165) is 10.4 Å². The van der Waals surface area contributed by atoms with Crippen LogP contribution >= 0.6 is 11.3 Å². The molecule has 0 saturated carbocycles. The fraction of sp³-hybridized carbons (Fsp3) is 0.318. The summed E-state index contributed by atoms with van der Waals surface area (Å²) in [4.78, 5) is 33.9. The molecule has 1 fully saturated rings. The molecule has 4 rings (SSSR count). The third-order valence-corrected chi connectivity index (χ3v) is 6.41. The highest BCUT2D eigenvalue weighted by molar-refractivity contribution is 7.21. The number of fused-ring (bicyclic) bond motifs is 1. The molecule has 156 valence electrons. The van der Waals surface area contributed by atoms with E-state index in [1.54, 1.807) is 22.1 Å². The van der Waals surface area contributed by atoms with Crippen LogP contribution in [-0.4, -0.2) is 59.9 Å². The van der Waals surface area contributed by atoms with Crippen molar-refractivity contribution in [2.24, 2.45) is 0 Å². The molecule has 3 aromatic rings. The van der Waals surface area contributed by atoms with Gasteiger partial charge in [0, 0.05) is 60.8 Å². The van der Waals surface area contributed by atoms with E-state index in [0.29, 0.717) is 42.0 Å². The maximum atomic E-state index is 14.4. The summed E-state index contributed by atoms with van der Waals surface area (Å²) >= 11 is 1.29. The largest absolute Gasteiger partial charge is 0.380 e. The van der Waals surface area contributed by atoms with Gasteiger partial charge in [-0.25, -0.2) is 4.39 Å². The molecule has 0 spiro atoms. The van der Waals surface area contributed by atoms with Crippen molar-refractivity contribution >= 4 is 33.2 Å². The fourth-order valence-electron chi connectivity index (χ4n) is 3.69. The fourth-order valence-corrected chi connectivity index (χ4v) is 4.88. The number of piperazine rings is 1. The minimum atomic E-state index is -0.347. The maximum absolute atomic E-state index is 14.4. The van der Waals surface area contributed by atoms with Gasteiger partial charge in [-0.3, -0.25) is 14.6 Å². The second-order valence-corrected chi connectivity index (χ2v) is 8.18. The summed E-state index contributed by atoms with van der Waals surface area (Å²) in [6.45, 7) is 1.99. The van der Waals surface area contributed by atoms with Gasteiger partial charge in [-0.15, -0.1) is 11.3 Å². The van der Waals surface area contributed by atoms with Crippen molar-refractivity contribution in [3.63, 3.8) is 0 Å². The molecule has 2 aromatic heterocycles. The standard InChI is InChI=1S/C22H22FN3O3S/c1-29-14-16-20-17(23)6-4-7-18(20)30-21(16)22(28)26-11-9-25(10-12-26)19(27)13-15-5-2-3-8-24-15/h2-8H,9-14H2,1H3. The summed E-state index contributed by atoms with van der Waals surface area (Å²) in [6.07, 6.45) is 1.92. The minimum Gasteiger partial charge on any atom is -0.380 e. The molecule has 2 amide bonds. The van der Waals surface area contributed by atoms with Crippen molar-refractivity contribution in [2.75, 3.05) is 33.3 Å². The summed E-state index contributed by atoms with van der Waals surface area (Å²) in [7, 11) is 1.53. The van der Waals surface area contributed by atoms with Gasteiger partial charge in [0.1, 0.15) is 5.82 Å². The number of carbonyl (C=O) groups excluding carboxylic acids is 2. The zero-order valence-corrected chi connectivity index (χ0v) is 17.5. The van der Waals surface area contributed by atoms with Gasteiger partial charge in [0.15, 0.2) is 0 Å². The Morgan fingerprint density at radius 1 is 1.10 bits per heavy atom. The van der Waals surface area contributed by atoms with Crippen molar-refractivity contribution < 1.29 is 18.7 Å². The van der Waals surface area contributed by atoms with Gasteiger partial charge >= 0.3 is 0 Å². The molecular formula is C22H22FN3O3S. The zero-order valence-electron chi connectivity index (χ0n) is 16.6. The van der Waals surface area contributed by atoms with Gasteiger partial charge in [0.2, 0.25) is 5.91 Å². The number of ether oxygens (including phenoxy) is 1. The van der Waals surface area contributed by atoms with Gasteiger partial charge in [-0.2, -0.15) is 0 Å². The second-order valence-electron chi connectivity index (χ2n) is 7.13. The molecule has 3 heterocycles. The molecule has 0 N–H and O–H groups in total. The van der Waals surface area contributed by atoms with Crippen molar-refractivity contribution in [3.8, 4) is 0 Å². The quantitative estimate of drug-likeness (QED) is 0.628. The first-order valence-electron chi connectivity index (χ1n) is 9.74. The molecule has 1 saturated heterocycles. The van der Waals surface area contributed by atoms with Crippen LogP contribution in [0.5, 0.6) is 0 Å². The van der Waals surface area contributed by atoms with E-state index in [2.05, 4.69) is 4.98 Å². The molecule has 0 atom stereocenters. The number of halogens is 1. The molecule has 0 aliphatic carbocycles. The lowest BCUT2D eigenvalue weighted by molar-refractivity contribution is -0.132. The van der Waals surface area contributed by atoms with E-state index < -0.39 is 0 Å². The van der Waals surface area contributed by atoms with E-state index in [1.165, 1.54) is 24.5 Å². The van der Waals surface area contributed by atoms with Crippen LogP contribution in [-0.2, 0) is 22.6 Å². The molecule has 30 heavy (non-hydrogen) atoms. The Morgan fingerprint density at radius 3 is 2.57 bits per heavy atom. The molecule has 1 aliphatic rings. The monoisotopic (exact) mass is 427 g/mol. The number of hydrogen-bond donors (Lipinski definition) is 0. The van der Waals surface area contributed by atoms with Gasteiger partial charge in [-0.05, 0) is 24.3 Å². The first-order chi connectivity index (χ1) is 14.6. The Morgan fingerprint density at radius 2 is 1.87 bits per heavy atom. The SMILES string of the molecule is COCc1c(C(=O)N2CCN(C(=O)Cc3ccccn3)CC2)sc2cccc(F)c12. The molecule has 1 aromatic carbocycles. The number of methoxy groups -OCH3 is 1. The molecule has 0 unspecified atom stereocenters. The van der Waals surface area contributed by atoms with Gasteiger partial charge in [0.05, 0.1) is 17.9 Å². The molecule has 8 heteroatoms. The number of nitrogens with zero attached hydrogens (tertiary/aromatic N) is 3. The number of aromatic nitrogens is 1. The highest BCUT2D eigenvalue weighted by Crippen LogP contribution is 2.34. The van der Waals surface area contributed by atoms with Crippen LogP contribution in [0, 0.1) is 5.82 Å². The Bertz CT molecular complexity index is 1060. The number of amides is 2. The predicted octanol–water partition coefficient (Wildman–Crippen LogP) is 3.11. The topological polar surface area (TPSA) is 62.7 Å². The molecule has 1 aliphatic heterocycles. The lowest BCUT2D eigenvalue weighted by Gasteiger charge is -2.34. The van der Waals surface area contributed by atoms with Gasteiger partial charge in [0.25, 0.3) is 5.91 Å². The number of carbonyl (C=O) groups is 2. The lowest BCUT2D eigenvalue weighted by Crippen LogP contribution is -2.51. The van der Waals surface area contributed by atoms with Crippen LogP contribution in [0.4, 0.5) is 4.39 Å². The van der Waals surface area contributed by atoms with Crippen LogP contribution in [0.15, 0.2) is 42.6 Å². The molecular weight excluding hydrogens is 405 g/mol. The van der Waals surface area contributed by atoms with Crippen molar-refractivity contribution in [1.29, 1.82) is 0 Å². The Labute approximate surface area is 177 Å². The number of thiophene rings is 1.